The van der Waals surface area contributed by atoms with Gasteiger partial charge in [0, 0.05) is 38.2 Å². The molecule has 0 aliphatic heterocycles. The number of aryl methyl sites for hydroxylation is 1. The number of ether oxygens (including phenoxy) is 3. The first-order chi connectivity index (χ1) is 12.7. The molecule has 1 heterocycles. The highest BCUT2D eigenvalue weighted by Gasteiger charge is 2.13. The van der Waals surface area contributed by atoms with Crippen LogP contribution in [-0.4, -0.2) is 50.0 Å². The molecule has 0 aliphatic carbocycles. The number of benzene rings is 1. The van der Waals surface area contributed by atoms with E-state index in [1.54, 1.807) is 26.4 Å². The summed E-state index contributed by atoms with van der Waals surface area (Å²) in [5.41, 5.74) is 0.748. The standard InChI is InChI=1S/C18H25N3O5/c1-4-25-11-5-10-19-16(22)8-9-17-20-18(21-26-17)13-6-7-14(23-2)15(12-13)24-3/h6-7,12H,4-5,8-11H2,1-3H3,(H,19,22). The van der Waals surface area contributed by atoms with Gasteiger partial charge in [0.2, 0.25) is 17.6 Å². The first-order valence-electron chi connectivity index (χ1n) is 8.57. The van der Waals surface area contributed by atoms with Crippen LogP contribution in [-0.2, 0) is 16.0 Å². The van der Waals surface area contributed by atoms with E-state index < -0.39 is 0 Å². The predicted octanol–water partition coefficient (Wildman–Crippen LogP) is 2.23. The van der Waals surface area contributed by atoms with E-state index in [1.807, 2.05) is 13.0 Å². The van der Waals surface area contributed by atoms with Gasteiger partial charge >= 0.3 is 0 Å². The molecule has 26 heavy (non-hydrogen) atoms. The van der Waals surface area contributed by atoms with Crippen LogP contribution in [0.1, 0.15) is 25.7 Å². The van der Waals surface area contributed by atoms with Gasteiger partial charge in [0.15, 0.2) is 11.5 Å². The Kier molecular flexibility index (Phi) is 7.88. The van der Waals surface area contributed by atoms with Gasteiger partial charge in [-0.2, -0.15) is 4.98 Å². The van der Waals surface area contributed by atoms with Crippen molar-refractivity contribution in [2.24, 2.45) is 0 Å². The van der Waals surface area contributed by atoms with Crippen molar-refractivity contribution in [3.63, 3.8) is 0 Å². The molecule has 0 unspecified atom stereocenters. The quantitative estimate of drug-likeness (QED) is 0.612. The SMILES string of the molecule is CCOCCCNC(=O)CCc1nc(-c2ccc(OC)c(OC)c2)no1. The van der Waals surface area contributed by atoms with Gasteiger partial charge in [0.25, 0.3) is 0 Å². The highest BCUT2D eigenvalue weighted by atomic mass is 16.5. The summed E-state index contributed by atoms with van der Waals surface area (Å²) in [4.78, 5) is 16.1. The Morgan fingerprint density at radius 2 is 2.04 bits per heavy atom. The number of aromatic nitrogens is 2. The van der Waals surface area contributed by atoms with E-state index in [2.05, 4.69) is 15.5 Å². The van der Waals surface area contributed by atoms with Gasteiger partial charge in [0.1, 0.15) is 0 Å². The predicted molar refractivity (Wildman–Crippen MR) is 95.3 cm³/mol. The van der Waals surface area contributed by atoms with Gasteiger partial charge in [-0.15, -0.1) is 0 Å². The molecule has 0 bridgehead atoms. The Morgan fingerprint density at radius 3 is 2.77 bits per heavy atom. The van der Waals surface area contributed by atoms with E-state index in [0.717, 1.165) is 12.0 Å². The summed E-state index contributed by atoms with van der Waals surface area (Å²) in [6, 6.07) is 5.37. The van der Waals surface area contributed by atoms with Crippen LogP contribution in [0.25, 0.3) is 11.4 Å². The largest absolute Gasteiger partial charge is 0.493 e. The third-order valence-electron chi connectivity index (χ3n) is 3.67. The Morgan fingerprint density at radius 1 is 1.23 bits per heavy atom. The second-order valence-electron chi connectivity index (χ2n) is 5.48. The van der Waals surface area contributed by atoms with Crippen LogP contribution >= 0.6 is 0 Å². The van der Waals surface area contributed by atoms with Crippen molar-refractivity contribution < 1.29 is 23.5 Å². The summed E-state index contributed by atoms with van der Waals surface area (Å²) < 4.78 is 20.9. The summed E-state index contributed by atoms with van der Waals surface area (Å²) in [5.74, 6) is 2.02. The number of hydrogen-bond acceptors (Lipinski definition) is 7. The van der Waals surface area contributed by atoms with Crippen molar-refractivity contribution in [2.45, 2.75) is 26.2 Å². The van der Waals surface area contributed by atoms with Crippen LogP contribution in [0, 0.1) is 0 Å². The van der Waals surface area contributed by atoms with Crippen molar-refractivity contribution in [3.8, 4) is 22.9 Å². The van der Waals surface area contributed by atoms with Gasteiger partial charge in [-0.05, 0) is 31.5 Å². The van der Waals surface area contributed by atoms with Crippen molar-refractivity contribution in [1.29, 1.82) is 0 Å². The average Bonchev–Trinajstić information content (AvgIpc) is 3.14. The number of rotatable bonds is 11. The number of nitrogens with one attached hydrogen (secondary N) is 1. The average molecular weight is 363 g/mol. The van der Waals surface area contributed by atoms with E-state index in [4.69, 9.17) is 18.7 Å². The van der Waals surface area contributed by atoms with Crippen molar-refractivity contribution in [3.05, 3.63) is 24.1 Å². The Labute approximate surface area is 152 Å². The lowest BCUT2D eigenvalue weighted by Crippen LogP contribution is -2.25. The van der Waals surface area contributed by atoms with Crippen molar-refractivity contribution in [1.82, 2.24) is 15.5 Å². The summed E-state index contributed by atoms with van der Waals surface area (Å²) in [6.07, 6.45) is 1.48. The fourth-order valence-corrected chi connectivity index (χ4v) is 2.30. The molecule has 2 aromatic rings. The molecule has 1 aromatic heterocycles. The second-order valence-corrected chi connectivity index (χ2v) is 5.48. The van der Waals surface area contributed by atoms with Crippen LogP contribution in [0.15, 0.2) is 22.7 Å². The first-order valence-corrected chi connectivity index (χ1v) is 8.57. The molecule has 0 aliphatic rings. The molecule has 0 radical (unpaired) electrons. The number of hydrogen-bond donors (Lipinski definition) is 1. The van der Waals surface area contributed by atoms with Gasteiger partial charge in [-0.3, -0.25) is 4.79 Å². The zero-order valence-corrected chi connectivity index (χ0v) is 15.4. The summed E-state index contributed by atoms with van der Waals surface area (Å²) >= 11 is 0. The normalized spacial score (nSPS) is 10.6. The molecule has 2 rings (SSSR count). The summed E-state index contributed by atoms with van der Waals surface area (Å²) in [6.45, 7) is 3.88. The van der Waals surface area contributed by atoms with Crippen LogP contribution in [0.5, 0.6) is 11.5 Å². The van der Waals surface area contributed by atoms with Gasteiger partial charge in [-0.25, -0.2) is 0 Å². The maximum absolute atomic E-state index is 11.8. The topological polar surface area (TPSA) is 95.7 Å². The third-order valence-corrected chi connectivity index (χ3v) is 3.67. The van der Waals surface area contributed by atoms with Crippen LogP contribution in [0.3, 0.4) is 0 Å². The molecule has 1 N–H and O–H groups in total. The number of carbonyl (C=O) groups is 1. The minimum absolute atomic E-state index is 0.0487. The Balaban J connectivity index is 1.85. The molecular formula is C18H25N3O5. The van der Waals surface area contributed by atoms with Crippen LogP contribution < -0.4 is 14.8 Å². The zero-order valence-electron chi connectivity index (χ0n) is 15.4. The highest BCUT2D eigenvalue weighted by molar-refractivity contribution is 5.76. The molecule has 142 valence electrons. The lowest BCUT2D eigenvalue weighted by atomic mass is 10.2. The third kappa shape index (κ3) is 5.73. The van der Waals surface area contributed by atoms with E-state index in [0.29, 0.717) is 55.8 Å². The van der Waals surface area contributed by atoms with Crippen molar-refractivity contribution in [2.75, 3.05) is 34.0 Å². The maximum Gasteiger partial charge on any atom is 0.227 e. The molecule has 0 atom stereocenters. The summed E-state index contributed by atoms with van der Waals surface area (Å²) in [5, 5.41) is 6.80. The molecule has 0 saturated carbocycles. The van der Waals surface area contributed by atoms with Gasteiger partial charge in [0.05, 0.1) is 14.2 Å². The highest BCUT2D eigenvalue weighted by Crippen LogP contribution is 2.31. The fourth-order valence-electron chi connectivity index (χ4n) is 2.30. The monoisotopic (exact) mass is 363 g/mol. The molecule has 0 spiro atoms. The molecule has 1 amide bonds. The molecule has 1 aromatic carbocycles. The lowest BCUT2D eigenvalue weighted by molar-refractivity contribution is -0.121. The van der Waals surface area contributed by atoms with Gasteiger partial charge in [-0.1, -0.05) is 5.16 Å². The minimum atomic E-state index is -0.0487. The smallest absolute Gasteiger partial charge is 0.227 e. The van der Waals surface area contributed by atoms with E-state index in [9.17, 15) is 4.79 Å². The van der Waals surface area contributed by atoms with E-state index in [-0.39, 0.29) is 5.91 Å². The number of methoxy groups -OCH3 is 2. The molecular weight excluding hydrogens is 338 g/mol. The number of nitrogens with zero attached hydrogens (tertiary/aromatic N) is 2. The molecule has 8 heteroatoms. The minimum Gasteiger partial charge on any atom is -0.493 e. The maximum atomic E-state index is 11.8. The second kappa shape index (κ2) is 10.4. The Bertz CT molecular complexity index is 702. The molecule has 8 nitrogen and oxygen atoms in total. The summed E-state index contributed by atoms with van der Waals surface area (Å²) in [7, 11) is 3.14. The van der Waals surface area contributed by atoms with Crippen LogP contribution in [0.2, 0.25) is 0 Å². The Hall–Kier alpha value is -2.61. The number of carbonyl (C=O) groups excluding carboxylic acids is 1. The van der Waals surface area contributed by atoms with E-state index in [1.165, 1.54) is 0 Å². The molecule has 0 saturated heterocycles. The fraction of sp³-hybridized carbons (Fsp3) is 0.500. The van der Waals surface area contributed by atoms with Crippen LogP contribution in [0.4, 0.5) is 0 Å². The molecule has 0 fully saturated rings. The first kappa shape index (κ1) is 19.7. The van der Waals surface area contributed by atoms with Crippen molar-refractivity contribution >= 4 is 5.91 Å². The van der Waals surface area contributed by atoms with Gasteiger partial charge < -0.3 is 24.1 Å². The zero-order chi connectivity index (χ0) is 18.8. The number of amides is 1. The van der Waals surface area contributed by atoms with E-state index >= 15 is 0 Å². The lowest BCUT2D eigenvalue weighted by Gasteiger charge is -2.07.